The number of pyridine rings is 1. The highest BCUT2D eigenvalue weighted by Gasteiger charge is 2.19. The van der Waals surface area contributed by atoms with E-state index in [1.807, 2.05) is 18.2 Å². The van der Waals surface area contributed by atoms with Crippen LogP contribution >= 0.6 is 0 Å². The number of hydrazine groups is 1. The molecule has 0 aromatic carbocycles. The van der Waals surface area contributed by atoms with E-state index in [1.165, 1.54) is 6.42 Å². The predicted octanol–water partition coefficient (Wildman–Crippen LogP) is 1.21. The monoisotopic (exact) mass is 192 g/mol. The Morgan fingerprint density at radius 2 is 2.43 bits per heavy atom. The molecule has 1 unspecified atom stereocenters. The minimum atomic E-state index is 0.724. The molecule has 1 fully saturated rings. The molecule has 14 heavy (non-hydrogen) atoms. The normalized spacial score (nSPS) is 21.3. The van der Waals surface area contributed by atoms with Gasteiger partial charge in [-0.1, -0.05) is 13.0 Å². The summed E-state index contributed by atoms with van der Waals surface area (Å²) in [5, 5.41) is 0. The number of anilines is 2. The first kappa shape index (κ1) is 9.27. The number of nitrogens with two attached hydrogens (primary N) is 1. The number of hydrogen-bond acceptors (Lipinski definition) is 4. The molecule has 3 N–H and O–H groups in total. The molecule has 1 aliphatic rings. The lowest BCUT2D eigenvalue weighted by Gasteiger charge is -2.17. The van der Waals surface area contributed by atoms with Gasteiger partial charge in [0, 0.05) is 13.1 Å². The average Bonchev–Trinajstić information content (AvgIpc) is 2.65. The summed E-state index contributed by atoms with van der Waals surface area (Å²) >= 11 is 0. The van der Waals surface area contributed by atoms with E-state index < -0.39 is 0 Å². The number of nitrogens with zero attached hydrogens (tertiary/aromatic N) is 2. The molecule has 0 radical (unpaired) electrons. The van der Waals surface area contributed by atoms with Crippen LogP contribution in [0.3, 0.4) is 0 Å². The summed E-state index contributed by atoms with van der Waals surface area (Å²) in [7, 11) is 0. The summed E-state index contributed by atoms with van der Waals surface area (Å²) in [6.07, 6.45) is 1.25. The van der Waals surface area contributed by atoms with E-state index in [9.17, 15) is 0 Å². The highest BCUT2D eigenvalue weighted by molar-refractivity contribution is 5.47. The van der Waals surface area contributed by atoms with Crippen molar-refractivity contribution in [3.8, 4) is 0 Å². The predicted molar refractivity (Wildman–Crippen MR) is 58.0 cm³/mol. The largest absolute Gasteiger partial charge is 0.356 e. The molecule has 4 heteroatoms. The molecule has 1 saturated heterocycles. The average molecular weight is 192 g/mol. The molecule has 1 aromatic heterocycles. The van der Waals surface area contributed by atoms with Crippen LogP contribution in [0, 0.1) is 5.92 Å². The van der Waals surface area contributed by atoms with Gasteiger partial charge in [0.2, 0.25) is 0 Å². The highest BCUT2D eigenvalue weighted by atomic mass is 15.3. The molecule has 2 heterocycles. The second-order valence-corrected chi connectivity index (χ2v) is 3.87. The van der Waals surface area contributed by atoms with Crippen LogP contribution in [0.2, 0.25) is 0 Å². The Morgan fingerprint density at radius 3 is 3.07 bits per heavy atom. The van der Waals surface area contributed by atoms with Crippen molar-refractivity contribution in [3.63, 3.8) is 0 Å². The quantitative estimate of drug-likeness (QED) is 0.546. The standard InChI is InChI=1S/C10H16N4/c1-8-5-6-14(7-8)10-4-2-3-9(12-10)13-11/h2-4,8H,5-7,11H2,1H3,(H,12,13). The summed E-state index contributed by atoms with van der Waals surface area (Å²) in [4.78, 5) is 6.69. The van der Waals surface area contributed by atoms with Crippen molar-refractivity contribution in [1.82, 2.24) is 4.98 Å². The second kappa shape index (κ2) is 3.84. The van der Waals surface area contributed by atoms with Crippen LogP contribution in [0.4, 0.5) is 11.6 Å². The third-order valence-electron chi connectivity index (χ3n) is 2.63. The van der Waals surface area contributed by atoms with E-state index in [4.69, 9.17) is 5.84 Å². The van der Waals surface area contributed by atoms with Crippen molar-refractivity contribution in [2.45, 2.75) is 13.3 Å². The van der Waals surface area contributed by atoms with Crippen LogP contribution in [0.5, 0.6) is 0 Å². The smallest absolute Gasteiger partial charge is 0.142 e. The molecule has 4 nitrogen and oxygen atoms in total. The molecule has 76 valence electrons. The van der Waals surface area contributed by atoms with Crippen LogP contribution < -0.4 is 16.2 Å². The summed E-state index contributed by atoms with van der Waals surface area (Å²) in [6.45, 7) is 4.47. The van der Waals surface area contributed by atoms with E-state index in [2.05, 4.69) is 22.2 Å². The van der Waals surface area contributed by atoms with Crippen molar-refractivity contribution >= 4 is 11.6 Å². The first-order chi connectivity index (χ1) is 6.79. The first-order valence-corrected chi connectivity index (χ1v) is 4.98. The zero-order valence-electron chi connectivity index (χ0n) is 8.40. The van der Waals surface area contributed by atoms with Gasteiger partial charge < -0.3 is 10.3 Å². The van der Waals surface area contributed by atoms with Gasteiger partial charge in [0.15, 0.2) is 0 Å². The molecule has 0 amide bonds. The van der Waals surface area contributed by atoms with Crippen molar-refractivity contribution in [2.24, 2.45) is 11.8 Å². The minimum Gasteiger partial charge on any atom is -0.356 e. The Hall–Kier alpha value is -1.29. The number of hydrogen-bond donors (Lipinski definition) is 2. The fourth-order valence-electron chi connectivity index (χ4n) is 1.82. The summed E-state index contributed by atoms with van der Waals surface area (Å²) < 4.78 is 0. The Morgan fingerprint density at radius 1 is 1.57 bits per heavy atom. The highest BCUT2D eigenvalue weighted by Crippen LogP contribution is 2.22. The van der Waals surface area contributed by atoms with Gasteiger partial charge in [-0.3, -0.25) is 0 Å². The number of aromatic nitrogens is 1. The van der Waals surface area contributed by atoms with Gasteiger partial charge in [-0.05, 0) is 24.5 Å². The van der Waals surface area contributed by atoms with Crippen molar-refractivity contribution in [3.05, 3.63) is 18.2 Å². The van der Waals surface area contributed by atoms with Gasteiger partial charge in [-0.15, -0.1) is 0 Å². The fourth-order valence-corrected chi connectivity index (χ4v) is 1.82. The van der Waals surface area contributed by atoms with Gasteiger partial charge >= 0.3 is 0 Å². The SMILES string of the molecule is CC1CCN(c2cccc(NN)n2)C1. The molecule has 2 rings (SSSR count). The molecule has 0 spiro atoms. The lowest BCUT2D eigenvalue weighted by molar-refractivity contribution is 0.659. The van der Waals surface area contributed by atoms with Gasteiger partial charge in [0.05, 0.1) is 0 Å². The maximum Gasteiger partial charge on any atom is 0.142 e. The lowest BCUT2D eigenvalue weighted by atomic mass is 10.2. The summed E-state index contributed by atoms with van der Waals surface area (Å²) in [6, 6.07) is 5.86. The molecular formula is C10H16N4. The fraction of sp³-hybridized carbons (Fsp3) is 0.500. The molecular weight excluding hydrogens is 176 g/mol. The topological polar surface area (TPSA) is 54.2 Å². The number of nitrogen functional groups attached to an aromatic ring is 1. The summed E-state index contributed by atoms with van der Waals surface area (Å²) in [5.41, 5.74) is 2.56. The van der Waals surface area contributed by atoms with Gasteiger partial charge in [0.25, 0.3) is 0 Å². The third-order valence-corrected chi connectivity index (χ3v) is 2.63. The Balaban J connectivity index is 2.15. The molecule has 0 aliphatic carbocycles. The zero-order chi connectivity index (χ0) is 9.97. The Labute approximate surface area is 84.1 Å². The van der Waals surface area contributed by atoms with E-state index in [1.54, 1.807) is 0 Å². The van der Waals surface area contributed by atoms with Crippen LogP contribution in [0.15, 0.2) is 18.2 Å². The van der Waals surface area contributed by atoms with Crippen molar-refractivity contribution in [1.29, 1.82) is 0 Å². The van der Waals surface area contributed by atoms with E-state index in [0.717, 1.165) is 30.6 Å². The zero-order valence-corrected chi connectivity index (χ0v) is 8.40. The van der Waals surface area contributed by atoms with Crippen molar-refractivity contribution in [2.75, 3.05) is 23.4 Å². The van der Waals surface area contributed by atoms with Gasteiger partial charge in [0.1, 0.15) is 11.6 Å². The lowest BCUT2D eigenvalue weighted by Crippen LogP contribution is -2.21. The van der Waals surface area contributed by atoms with Crippen LogP contribution in [0.25, 0.3) is 0 Å². The molecule has 1 aliphatic heterocycles. The maximum atomic E-state index is 5.31. The van der Waals surface area contributed by atoms with Crippen LogP contribution in [-0.2, 0) is 0 Å². The molecule has 0 saturated carbocycles. The van der Waals surface area contributed by atoms with Crippen LogP contribution in [0.1, 0.15) is 13.3 Å². The maximum absolute atomic E-state index is 5.31. The third kappa shape index (κ3) is 1.80. The van der Waals surface area contributed by atoms with Crippen LogP contribution in [-0.4, -0.2) is 18.1 Å². The Kier molecular flexibility index (Phi) is 2.54. The van der Waals surface area contributed by atoms with E-state index in [0.29, 0.717) is 0 Å². The number of nitrogens with one attached hydrogen (secondary N) is 1. The van der Waals surface area contributed by atoms with Gasteiger partial charge in [-0.25, -0.2) is 10.8 Å². The number of rotatable bonds is 2. The minimum absolute atomic E-state index is 0.724. The second-order valence-electron chi connectivity index (χ2n) is 3.87. The Bertz CT molecular complexity index is 313. The van der Waals surface area contributed by atoms with E-state index >= 15 is 0 Å². The van der Waals surface area contributed by atoms with E-state index in [-0.39, 0.29) is 0 Å². The first-order valence-electron chi connectivity index (χ1n) is 4.98. The van der Waals surface area contributed by atoms with Crippen molar-refractivity contribution < 1.29 is 0 Å². The molecule has 1 atom stereocenters. The molecule has 0 bridgehead atoms. The van der Waals surface area contributed by atoms with Gasteiger partial charge in [-0.2, -0.15) is 0 Å². The summed E-state index contributed by atoms with van der Waals surface area (Å²) in [5.74, 6) is 7.83. The molecule has 1 aromatic rings.